The number of guanidine groups is 1. The predicted octanol–water partition coefficient (Wildman–Crippen LogP) is 2.63. The number of hydrogen-bond acceptors (Lipinski definition) is 2. The SMILES string of the molecule is CCCCNC(=NC)NCc1ccc(C(=O)N(CC)CC)cc1. The molecule has 1 amide bonds. The molecule has 23 heavy (non-hydrogen) atoms. The van der Waals surface area contributed by atoms with Crippen molar-refractivity contribution in [3.63, 3.8) is 0 Å². The van der Waals surface area contributed by atoms with E-state index in [-0.39, 0.29) is 5.91 Å². The summed E-state index contributed by atoms with van der Waals surface area (Å²) in [5.74, 6) is 0.897. The molecule has 0 aromatic heterocycles. The standard InChI is InChI=1S/C18H30N4O/c1-5-8-13-20-18(19-4)21-14-15-9-11-16(12-10-15)17(23)22(6-2)7-3/h9-12H,5-8,13-14H2,1-4H3,(H2,19,20,21). The molecule has 1 rings (SSSR count). The Morgan fingerprint density at radius 1 is 1.09 bits per heavy atom. The molecule has 0 heterocycles. The van der Waals surface area contributed by atoms with E-state index >= 15 is 0 Å². The van der Waals surface area contributed by atoms with Crippen LogP contribution in [0.3, 0.4) is 0 Å². The molecule has 0 radical (unpaired) electrons. The largest absolute Gasteiger partial charge is 0.356 e. The Hall–Kier alpha value is -2.04. The first-order valence-corrected chi connectivity index (χ1v) is 8.48. The van der Waals surface area contributed by atoms with Gasteiger partial charge in [0.15, 0.2) is 5.96 Å². The third-order valence-corrected chi connectivity index (χ3v) is 3.76. The number of nitrogens with zero attached hydrogens (tertiary/aromatic N) is 2. The fourth-order valence-electron chi connectivity index (χ4n) is 2.25. The summed E-state index contributed by atoms with van der Waals surface area (Å²) in [6.07, 6.45) is 2.29. The zero-order valence-electron chi connectivity index (χ0n) is 14.9. The quantitative estimate of drug-likeness (QED) is 0.440. The third-order valence-electron chi connectivity index (χ3n) is 3.76. The van der Waals surface area contributed by atoms with E-state index in [1.807, 2.05) is 43.0 Å². The molecule has 1 aromatic rings. The van der Waals surface area contributed by atoms with Crippen molar-refractivity contribution >= 4 is 11.9 Å². The van der Waals surface area contributed by atoms with Crippen LogP contribution in [0.2, 0.25) is 0 Å². The minimum absolute atomic E-state index is 0.0894. The number of carbonyl (C=O) groups is 1. The molecular weight excluding hydrogens is 288 g/mol. The zero-order valence-corrected chi connectivity index (χ0v) is 14.9. The monoisotopic (exact) mass is 318 g/mol. The summed E-state index contributed by atoms with van der Waals surface area (Å²) in [4.78, 5) is 18.3. The predicted molar refractivity (Wildman–Crippen MR) is 96.8 cm³/mol. The van der Waals surface area contributed by atoms with Gasteiger partial charge in [-0.3, -0.25) is 9.79 Å². The van der Waals surface area contributed by atoms with Gasteiger partial charge in [-0.1, -0.05) is 25.5 Å². The second kappa shape index (κ2) is 10.6. The van der Waals surface area contributed by atoms with Crippen molar-refractivity contribution in [3.05, 3.63) is 35.4 Å². The van der Waals surface area contributed by atoms with Crippen LogP contribution >= 0.6 is 0 Å². The van der Waals surface area contributed by atoms with Crippen molar-refractivity contribution in [2.45, 2.75) is 40.2 Å². The molecule has 0 aliphatic heterocycles. The Kier molecular flexibility index (Phi) is 8.80. The second-order valence-electron chi connectivity index (χ2n) is 5.38. The summed E-state index contributed by atoms with van der Waals surface area (Å²) in [5.41, 5.74) is 1.86. The Morgan fingerprint density at radius 2 is 1.74 bits per heavy atom. The van der Waals surface area contributed by atoms with Gasteiger partial charge < -0.3 is 15.5 Å². The van der Waals surface area contributed by atoms with E-state index in [1.165, 1.54) is 0 Å². The average molecular weight is 318 g/mol. The lowest BCUT2D eigenvalue weighted by atomic mass is 10.1. The molecular formula is C18H30N4O. The van der Waals surface area contributed by atoms with Gasteiger partial charge in [0.1, 0.15) is 0 Å². The summed E-state index contributed by atoms with van der Waals surface area (Å²) in [5, 5.41) is 6.56. The number of amides is 1. The maximum atomic E-state index is 12.3. The lowest BCUT2D eigenvalue weighted by molar-refractivity contribution is 0.0773. The van der Waals surface area contributed by atoms with Gasteiger partial charge >= 0.3 is 0 Å². The van der Waals surface area contributed by atoms with Crippen LogP contribution in [0.5, 0.6) is 0 Å². The van der Waals surface area contributed by atoms with Gasteiger partial charge in [-0.25, -0.2) is 0 Å². The smallest absolute Gasteiger partial charge is 0.253 e. The number of nitrogens with one attached hydrogen (secondary N) is 2. The van der Waals surface area contributed by atoms with Crippen LogP contribution in [0.25, 0.3) is 0 Å². The maximum Gasteiger partial charge on any atom is 0.253 e. The molecule has 0 fully saturated rings. The Morgan fingerprint density at radius 3 is 2.26 bits per heavy atom. The van der Waals surface area contributed by atoms with E-state index in [9.17, 15) is 4.79 Å². The summed E-state index contributed by atoms with van der Waals surface area (Å²) >= 11 is 0. The van der Waals surface area contributed by atoms with Crippen LogP contribution in [0.1, 0.15) is 49.5 Å². The first-order chi connectivity index (χ1) is 11.2. The van der Waals surface area contributed by atoms with Crippen molar-refractivity contribution in [1.29, 1.82) is 0 Å². The summed E-state index contributed by atoms with van der Waals surface area (Å²) in [6.45, 7) is 9.24. The van der Waals surface area contributed by atoms with E-state index in [0.29, 0.717) is 6.54 Å². The number of aliphatic imine (C=N–C) groups is 1. The van der Waals surface area contributed by atoms with Gasteiger partial charge in [0.2, 0.25) is 0 Å². The summed E-state index contributed by atoms with van der Waals surface area (Å²) < 4.78 is 0. The molecule has 0 aliphatic rings. The van der Waals surface area contributed by atoms with Crippen molar-refractivity contribution in [1.82, 2.24) is 15.5 Å². The molecule has 2 N–H and O–H groups in total. The fraction of sp³-hybridized carbons (Fsp3) is 0.556. The molecule has 0 bridgehead atoms. The number of benzene rings is 1. The van der Waals surface area contributed by atoms with Crippen LogP contribution in [0.15, 0.2) is 29.3 Å². The van der Waals surface area contributed by atoms with E-state index < -0.39 is 0 Å². The topological polar surface area (TPSA) is 56.7 Å². The van der Waals surface area contributed by atoms with E-state index in [1.54, 1.807) is 7.05 Å². The number of rotatable bonds is 8. The molecule has 1 aromatic carbocycles. The van der Waals surface area contributed by atoms with Crippen molar-refractivity contribution in [2.75, 3.05) is 26.7 Å². The molecule has 0 aliphatic carbocycles. The molecule has 0 saturated carbocycles. The average Bonchev–Trinajstić information content (AvgIpc) is 2.59. The van der Waals surface area contributed by atoms with Gasteiger partial charge in [-0.2, -0.15) is 0 Å². The van der Waals surface area contributed by atoms with Gasteiger partial charge in [-0.05, 0) is 38.0 Å². The summed E-state index contributed by atoms with van der Waals surface area (Å²) in [7, 11) is 1.77. The Bertz CT molecular complexity index is 492. The van der Waals surface area contributed by atoms with Crippen LogP contribution < -0.4 is 10.6 Å². The van der Waals surface area contributed by atoms with Gasteiger partial charge in [-0.15, -0.1) is 0 Å². The number of carbonyl (C=O) groups excluding carboxylic acids is 1. The molecule has 5 heteroatoms. The van der Waals surface area contributed by atoms with Crippen LogP contribution in [0.4, 0.5) is 0 Å². The highest BCUT2D eigenvalue weighted by atomic mass is 16.2. The van der Waals surface area contributed by atoms with Crippen LogP contribution in [-0.2, 0) is 6.54 Å². The van der Waals surface area contributed by atoms with Gasteiger partial charge in [0, 0.05) is 38.8 Å². The van der Waals surface area contributed by atoms with Crippen molar-refractivity contribution in [3.8, 4) is 0 Å². The first kappa shape index (κ1) is 19.0. The Balaban J connectivity index is 2.55. The lowest BCUT2D eigenvalue weighted by Crippen LogP contribution is -2.37. The summed E-state index contributed by atoms with van der Waals surface area (Å²) in [6, 6.07) is 7.77. The molecule has 128 valence electrons. The molecule has 5 nitrogen and oxygen atoms in total. The van der Waals surface area contributed by atoms with Gasteiger partial charge in [0.05, 0.1) is 0 Å². The normalized spacial score (nSPS) is 11.2. The highest BCUT2D eigenvalue weighted by molar-refractivity contribution is 5.94. The van der Waals surface area contributed by atoms with Crippen LogP contribution in [-0.4, -0.2) is 43.4 Å². The van der Waals surface area contributed by atoms with E-state index in [4.69, 9.17) is 0 Å². The van der Waals surface area contributed by atoms with Crippen molar-refractivity contribution in [2.24, 2.45) is 4.99 Å². The minimum Gasteiger partial charge on any atom is -0.356 e. The molecule has 0 spiro atoms. The van der Waals surface area contributed by atoms with E-state index in [2.05, 4.69) is 22.5 Å². The third kappa shape index (κ3) is 6.30. The minimum atomic E-state index is 0.0894. The fourth-order valence-corrected chi connectivity index (χ4v) is 2.25. The molecule has 0 atom stereocenters. The number of unbranched alkanes of at least 4 members (excludes halogenated alkanes) is 1. The first-order valence-electron chi connectivity index (χ1n) is 8.48. The lowest BCUT2D eigenvalue weighted by Gasteiger charge is -2.18. The molecule has 0 saturated heterocycles. The highest BCUT2D eigenvalue weighted by Crippen LogP contribution is 2.08. The van der Waals surface area contributed by atoms with Crippen molar-refractivity contribution < 1.29 is 4.79 Å². The van der Waals surface area contributed by atoms with Crippen LogP contribution in [0, 0.1) is 0 Å². The second-order valence-corrected chi connectivity index (χ2v) is 5.38. The number of hydrogen-bond donors (Lipinski definition) is 2. The highest BCUT2D eigenvalue weighted by Gasteiger charge is 2.11. The molecule has 0 unspecified atom stereocenters. The Labute approximate surface area is 140 Å². The van der Waals surface area contributed by atoms with E-state index in [0.717, 1.165) is 49.6 Å². The zero-order chi connectivity index (χ0) is 17.1. The van der Waals surface area contributed by atoms with Gasteiger partial charge in [0.25, 0.3) is 5.91 Å². The maximum absolute atomic E-state index is 12.3.